The normalized spacial score (nSPS) is 13.1. The van der Waals surface area contributed by atoms with Crippen molar-refractivity contribution in [2.75, 3.05) is 0 Å². The highest BCUT2D eigenvalue weighted by atomic mass is 32.2. The van der Waals surface area contributed by atoms with Crippen molar-refractivity contribution >= 4 is 21.3 Å². The minimum absolute atomic E-state index is 0.0374. The van der Waals surface area contributed by atoms with Gasteiger partial charge in [-0.05, 0) is 45.5 Å². The summed E-state index contributed by atoms with van der Waals surface area (Å²) in [5.41, 5.74) is 5.86. The zero-order chi connectivity index (χ0) is 23.7. The topological polar surface area (TPSA) is 89.3 Å². The molecule has 1 N–H and O–H groups in total. The van der Waals surface area contributed by atoms with Crippen LogP contribution in [0.5, 0.6) is 0 Å². The molecule has 0 bridgehead atoms. The van der Waals surface area contributed by atoms with E-state index in [4.69, 9.17) is 0 Å². The second-order valence-corrected chi connectivity index (χ2v) is 9.65. The predicted molar refractivity (Wildman–Crippen MR) is 132 cm³/mol. The van der Waals surface area contributed by atoms with Gasteiger partial charge in [-0.2, -0.15) is 4.72 Å². The van der Waals surface area contributed by atoms with Crippen molar-refractivity contribution in [1.82, 2.24) is 4.72 Å². The van der Waals surface area contributed by atoms with E-state index >= 15 is 0 Å². The molecule has 5 rings (SSSR count). The molecule has 1 aliphatic rings. The lowest BCUT2D eigenvalue weighted by atomic mass is 9.98. The summed E-state index contributed by atoms with van der Waals surface area (Å²) in [6.07, 6.45) is 1.93. The molecule has 0 saturated carbocycles. The van der Waals surface area contributed by atoms with Crippen molar-refractivity contribution in [3.8, 4) is 11.1 Å². The van der Waals surface area contributed by atoms with Crippen LogP contribution < -0.4 is 4.72 Å². The zero-order valence-electron chi connectivity index (χ0n) is 18.0. The van der Waals surface area contributed by atoms with E-state index in [0.29, 0.717) is 0 Å². The fourth-order valence-corrected chi connectivity index (χ4v) is 5.41. The van der Waals surface area contributed by atoms with Gasteiger partial charge in [-0.25, -0.2) is 8.42 Å². The summed E-state index contributed by atoms with van der Waals surface area (Å²) in [4.78, 5) is 10.4. The lowest BCUT2D eigenvalue weighted by Gasteiger charge is -2.18. The van der Waals surface area contributed by atoms with Crippen LogP contribution in [-0.2, 0) is 10.0 Å². The van der Waals surface area contributed by atoms with Crippen LogP contribution in [0.25, 0.3) is 16.7 Å². The van der Waals surface area contributed by atoms with Gasteiger partial charge in [0.15, 0.2) is 0 Å². The molecule has 4 aromatic rings. The van der Waals surface area contributed by atoms with E-state index in [9.17, 15) is 18.5 Å². The van der Waals surface area contributed by atoms with E-state index in [-0.39, 0.29) is 10.6 Å². The average molecular weight is 469 g/mol. The molecule has 0 amide bonds. The Balaban J connectivity index is 1.60. The van der Waals surface area contributed by atoms with Gasteiger partial charge in [0.05, 0.1) is 15.9 Å². The molecule has 0 aliphatic heterocycles. The van der Waals surface area contributed by atoms with E-state index in [1.807, 2.05) is 72.8 Å². The first-order chi connectivity index (χ1) is 16.4. The molecule has 168 valence electrons. The second-order valence-electron chi connectivity index (χ2n) is 7.93. The van der Waals surface area contributed by atoms with Gasteiger partial charge >= 0.3 is 0 Å². The SMILES string of the molecule is O=[N+]([O-])c1ccc(S(=O)(=O)N[C@H](C=C2c3ccccc3-c3ccccc32)c2ccccc2)cc1. The standard InChI is InChI=1S/C27H20N2O4S/c30-29(31)20-14-16-21(17-15-20)34(32,33)28-27(19-8-2-1-3-9-19)18-26-24-12-6-4-10-22(24)23-11-5-7-13-25(23)26/h1-18,27-28H/t27-/m1/s1. The molecule has 0 fully saturated rings. The van der Waals surface area contributed by atoms with Gasteiger partial charge in [0, 0.05) is 12.1 Å². The highest BCUT2D eigenvalue weighted by molar-refractivity contribution is 7.89. The van der Waals surface area contributed by atoms with Crippen LogP contribution in [0.3, 0.4) is 0 Å². The van der Waals surface area contributed by atoms with Crippen LogP contribution in [0.2, 0.25) is 0 Å². The van der Waals surface area contributed by atoms with E-state index in [0.717, 1.165) is 33.4 Å². The summed E-state index contributed by atoms with van der Waals surface area (Å²) < 4.78 is 29.3. The first kappa shape index (κ1) is 21.8. The van der Waals surface area contributed by atoms with Crippen molar-refractivity contribution in [1.29, 1.82) is 0 Å². The van der Waals surface area contributed by atoms with Crippen LogP contribution in [0.15, 0.2) is 114 Å². The lowest BCUT2D eigenvalue weighted by Crippen LogP contribution is -2.27. The average Bonchev–Trinajstić information content (AvgIpc) is 3.18. The summed E-state index contributed by atoms with van der Waals surface area (Å²) in [5.74, 6) is 0. The molecule has 6 nitrogen and oxygen atoms in total. The monoisotopic (exact) mass is 468 g/mol. The van der Waals surface area contributed by atoms with E-state index in [1.54, 1.807) is 0 Å². The molecule has 0 unspecified atom stereocenters. The van der Waals surface area contributed by atoms with E-state index in [1.165, 1.54) is 24.3 Å². The van der Waals surface area contributed by atoms with Gasteiger partial charge in [-0.15, -0.1) is 0 Å². The Bertz CT molecular complexity index is 1460. The molecular formula is C27H20N2O4S. The third kappa shape index (κ3) is 4.03. The maximum atomic E-state index is 13.3. The summed E-state index contributed by atoms with van der Waals surface area (Å²) in [6, 6.07) is 29.7. The number of hydrogen-bond donors (Lipinski definition) is 1. The van der Waals surface area contributed by atoms with Crippen molar-refractivity contribution in [2.24, 2.45) is 0 Å². The first-order valence-corrected chi connectivity index (χ1v) is 12.1. The Labute approximate surface area is 197 Å². The van der Waals surface area contributed by atoms with Crippen LogP contribution in [-0.4, -0.2) is 13.3 Å². The molecule has 7 heteroatoms. The Morgan fingerprint density at radius 1 is 0.706 bits per heavy atom. The number of nitro benzene ring substituents is 1. The van der Waals surface area contributed by atoms with Gasteiger partial charge in [0.1, 0.15) is 0 Å². The van der Waals surface area contributed by atoms with Crippen molar-refractivity contribution in [3.05, 3.63) is 136 Å². The Morgan fingerprint density at radius 3 is 1.74 bits per heavy atom. The van der Waals surface area contributed by atoms with Gasteiger partial charge < -0.3 is 0 Å². The Kier molecular flexibility index (Phi) is 5.57. The highest BCUT2D eigenvalue weighted by Gasteiger charge is 2.26. The zero-order valence-corrected chi connectivity index (χ0v) is 18.8. The van der Waals surface area contributed by atoms with Gasteiger partial charge in [-0.1, -0.05) is 84.9 Å². The number of fused-ring (bicyclic) bond motifs is 3. The molecule has 1 aliphatic carbocycles. The van der Waals surface area contributed by atoms with Gasteiger partial charge in [0.2, 0.25) is 10.0 Å². The van der Waals surface area contributed by atoms with Gasteiger partial charge in [0.25, 0.3) is 5.69 Å². The molecule has 0 saturated heterocycles. The summed E-state index contributed by atoms with van der Waals surface area (Å²) in [7, 11) is -3.96. The molecule has 0 spiro atoms. The largest absolute Gasteiger partial charge is 0.269 e. The van der Waals surface area contributed by atoms with Crippen LogP contribution >= 0.6 is 0 Å². The Hall–Kier alpha value is -4.07. The van der Waals surface area contributed by atoms with Crippen LogP contribution in [0.1, 0.15) is 22.7 Å². The number of sulfonamides is 1. The minimum Gasteiger partial charge on any atom is -0.258 e. The number of nitrogens with one attached hydrogen (secondary N) is 1. The maximum absolute atomic E-state index is 13.3. The predicted octanol–water partition coefficient (Wildman–Crippen LogP) is 5.73. The van der Waals surface area contributed by atoms with Crippen LogP contribution in [0.4, 0.5) is 5.69 Å². The minimum atomic E-state index is -3.96. The first-order valence-electron chi connectivity index (χ1n) is 10.7. The fraction of sp³-hybridized carbons (Fsp3) is 0.0370. The van der Waals surface area contributed by atoms with E-state index in [2.05, 4.69) is 16.9 Å². The molecule has 1 atom stereocenters. The number of nitrogens with zero attached hydrogens (tertiary/aromatic N) is 1. The molecule has 0 aromatic heterocycles. The Morgan fingerprint density at radius 2 is 1.21 bits per heavy atom. The van der Waals surface area contributed by atoms with Crippen molar-refractivity contribution in [2.45, 2.75) is 10.9 Å². The summed E-state index contributed by atoms with van der Waals surface area (Å²) >= 11 is 0. The third-order valence-corrected chi connectivity index (χ3v) is 7.31. The quantitative estimate of drug-likeness (QED) is 0.255. The molecule has 0 radical (unpaired) electrons. The summed E-state index contributed by atoms with van der Waals surface area (Å²) in [6.45, 7) is 0. The smallest absolute Gasteiger partial charge is 0.258 e. The number of non-ortho nitro benzene ring substituents is 1. The lowest BCUT2D eigenvalue weighted by molar-refractivity contribution is -0.384. The van der Waals surface area contributed by atoms with Gasteiger partial charge in [-0.3, -0.25) is 10.1 Å². The van der Waals surface area contributed by atoms with Crippen molar-refractivity contribution in [3.63, 3.8) is 0 Å². The fourth-order valence-electron chi connectivity index (χ4n) is 4.24. The molecule has 34 heavy (non-hydrogen) atoms. The number of benzene rings is 4. The number of rotatable bonds is 6. The summed E-state index contributed by atoms with van der Waals surface area (Å²) in [5, 5.41) is 11.0. The highest BCUT2D eigenvalue weighted by Crippen LogP contribution is 2.44. The molecule has 4 aromatic carbocycles. The van der Waals surface area contributed by atoms with Crippen molar-refractivity contribution < 1.29 is 13.3 Å². The maximum Gasteiger partial charge on any atom is 0.269 e. The number of nitro groups is 1. The second kappa shape index (κ2) is 8.70. The van der Waals surface area contributed by atoms with Crippen LogP contribution in [0, 0.1) is 10.1 Å². The number of hydrogen-bond acceptors (Lipinski definition) is 4. The van der Waals surface area contributed by atoms with E-state index < -0.39 is 21.0 Å². The molecular weight excluding hydrogens is 448 g/mol. The molecule has 0 heterocycles. The third-order valence-electron chi connectivity index (χ3n) is 5.86.